The van der Waals surface area contributed by atoms with Gasteiger partial charge in [0.15, 0.2) is 0 Å². The minimum atomic E-state index is 0.760. The van der Waals surface area contributed by atoms with Crippen molar-refractivity contribution in [3.8, 4) is 5.75 Å². The molecule has 1 aliphatic carbocycles. The van der Waals surface area contributed by atoms with Crippen LogP contribution in [0, 0.1) is 0 Å². The molecule has 0 spiro atoms. The first-order valence-electron chi connectivity index (χ1n) is 7.41. The third-order valence-electron chi connectivity index (χ3n) is 3.44. The highest BCUT2D eigenvalue weighted by Crippen LogP contribution is 2.19. The summed E-state index contributed by atoms with van der Waals surface area (Å²) < 4.78 is 5.75. The van der Waals surface area contributed by atoms with Crippen molar-refractivity contribution < 1.29 is 4.74 Å². The smallest absolute Gasteiger partial charge is 0.119 e. The molecule has 0 heterocycles. The maximum absolute atomic E-state index is 5.75. The molecular weight excluding hydrogens is 236 g/mol. The molecule has 1 N–H and O–H groups in total. The molecule has 1 aliphatic rings. The lowest BCUT2D eigenvalue weighted by Crippen LogP contribution is -2.24. The number of hydrogen-bond donors (Lipinski definition) is 1. The summed E-state index contributed by atoms with van der Waals surface area (Å²) in [4.78, 5) is 2.30. The maximum Gasteiger partial charge on any atom is 0.119 e. The highest BCUT2D eigenvalue weighted by atomic mass is 16.5. The second-order valence-corrected chi connectivity index (χ2v) is 5.45. The summed E-state index contributed by atoms with van der Waals surface area (Å²) in [6.45, 7) is 6.06. The van der Waals surface area contributed by atoms with Gasteiger partial charge >= 0.3 is 0 Å². The molecule has 0 unspecified atom stereocenters. The van der Waals surface area contributed by atoms with E-state index in [4.69, 9.17) is 4.74 Å². The molecule has 1 fully saturated rings. The first-order valence-corrected chi connectivity index (χ1v) is 7.41. The molecule has 0 aliphatic heterocycles. The zero-order chi connectivity index (χ0) is 13.5. The molecule has 1 aromatic rings. The van der Waals surface area contributed by atoms with E-state index in [1.54, 1.807) is 0 Å². The van der Waals surface area contributed by atoms with Crippen molar-refractivity contribution >= 4 is 0 Å². The predicted molar refractivity (Wildman–Crippen MR) is 79.6 cm³/mol. The summed E-state index contributed by atoms with van der Waals surface area (Å²) in [5, 5.41) is 3.52. The van der Waals surface area contributed by atoms with Crippen LogP contribution in [-0.4, -0.2) is 37.7 Å². The number of likely N-dealkylation sites (N-methyl/N-ethyl adjacent to an activating group) is 1. The van der Waals surface area contributed by atoms with Gasteiger partial charge in [0.05, 0.1) is 0 Å². The number of ether oxygens (including phenoxy) is 1. The standard InChI is InChI=1S/C16H26N2O/c1-3-10-18(2)11-12-19-16-8-4-14(5-9-16)13-17-15-6-7-15/h4-5,8-9,15,17H,3,6-7,10-13H2,1-2H3. The van der Waals surface area contributed by atoms with Crippen LogP contribution in [0.25, 0.3) is 0 Å². The highest BCUT2D eigenvalue weighted by Gasteiger charge is 2.19. The van der Waals surface area contributed by atoms with Gasteiger partial charge in [-0.15, -0.1) is 0 Å². The third kappa shape index (κ3) is 5.62. The fourth-order valence-corrected chi connectivity index (χ4v) is 2.07. The molecule has 106 valence electrons. The molecule has 0 bridgehead atoms. The molecule has 0 saturated heterocycles. The van der Waals surface area contributed by atoms with Crippen LogP contribution in [0.1, 0.15) is 31.7 Å². The van der Waals surface area contributed by atoms with Gasteiger partial charge in [0.25, 0.3) is 0 Å². The van der Waals surface area contributed by atoms with E-state index in [0.29, 0.717) is 0 Å². The van der Waals surface area contributed by atoms with E-state index in [2.05, 4.69) is 48.5 Å². The van der Waals surface area contributed by atoms with Crippen LogP contribution >= 0.6 is 0 Å². The number of hydrogen-bond acceptors (Lipinski definition) is 3. The molecule has 1 saturated carbocycles. The third-order valence-corrected chi connectivity index (χ3v) is 3.44. The average Bonchev–Trinajstić information content (AvgIpc) is 3.22. The van der Waals surface area contributed by atoms with E-state index < -0.39 is 0 Å². The summed E-state index contributed by atoms with van der Waals surface area (Å²) in [5.41, 5.74) is 1.34. The molecule has 3 heteroatoms. The molecule has 0 aromatic heterocycles. The van der Waals surface area contributed by atoms with Crippen LogP contribution in [0.2, 0.25) is 0 Å². The molecule has 0 atom stereocenters. The summed E-state index contributed by atoms with van der Waals surface area (Å²) in [7, 11) is 2.14. The van der Waals surface area contributed by atoms with Crippen molar-refractivity contribution in [2.75, 3.05) is 26.7 Å². The van der Waals surface area contributed by atoms with Crippen molar-refractivity contribution in [1.29, 1.82) is 0 Å². The van der Waals surface area contributed by atoms with E-state index in [1.165, 1.54) is 24.8 Å². The van der Waals surface area contributed by atoms with Gasteiger partial charge in [-0.3, -0.25) is 0 Å². The van der Waals surface area contributed by atoms with Crippen LogP contribution in [0.3, 0.4) is 0 Å². The fourth-order valence-electron chi connectivity index (χ4n) is 2.07. The van der Waals surface area contributed by atoms with Crippen molar-refractivity contribution in [3.63, 3.8) is 0 Å². The predicted octanol–water partition coefficient (Wildman–Crippen LogP) is 2.66. The van der Waals surface area contributed by atoms with Crippen molar-refractivity contribution in [2.24, 2.45) is 0 Å². The van der Waals surface area contributed by atoms with Gasteiger partial charge in [-0.25, -0.2) is 0 Å². The lowest BCUT2D eigenvalue weighted by molar-refractivity contribution is 0.237. The van der Waals surface area contributed by atoms with Crippen LogP contribution in [0.4, 0.5) is 0 Å². The van der Waals surface area contributed by atoms with Crippen molar-refractivity contribution in [1.82, 2.24) is 10.2 Å². The zero-order valence-corrected chi connectivity index (χ0v) is 12.2. The largest absolute Gasteiger partial charge is 0.492 e. The van der Waals surface area contributed by atoms with Gasteiger partial charge in [0, 0.05) is 19.1 Å². The zero-order valence-electron chi connectivity index (χ0n) is 12.2. The van der Waals surface area contributed by atoms with E-state index in [9.17, 15) is 0 Å². The summed E-state index contributed by atoms with van der Waals surface area (Å²) >= 11 is 0. The van der Waals surface area contributed by atoms with Gasteiger partial charge in [0.2, 0.25) is 0 Å². The summed E-state index contributed by atoms with van der Waals surface area (Å²) in [5.74, 6) is 0.972. The van der Waals surface area contributed by atoms with E-state index >= 15 is 0 Å². The lowest BCUT2D eigenvalue weighted by Gasteiger charge is -2.15. The quantitative estimate of drug-likeness (QED) is 0.740. The van der Waals surface area contributed by atoms with Crippen LogP contribution in [0.5, 0.6) is 5.75 Å². The van der Waals surface area contributed by atoms with E-state index in [0.717, 1.165) is 38.0 Å². The van der Waals surface area contributed by atoms with Crippen LogP contribution in [-0.2, 0) is 6.54 Å². The summed E-state index contributed by atoms with van der Waals surface area (Å²) in [6.07, 6.45) is 3.87. The van der Waals surface area contributed by atoms with E-state index in [-0.39, 0.29) is 0 Å². The summed E-state index contributed by atoms with van der Waals surface area (Å²) in [6, 6.07) is 9.22. The van der Waals surface area contributed by atoms with Gasteiger partial charge in [-0.05, 0) is 50.6 Å². The fraction of sp³-hybridized carbons (Fsp3) is 0.625. The van der Waals surface area contributed by atoms with Gasteiger partial charge in [-0.2, -0.15) is 0 Å². The average molecular weight is 262 g/mol. The first kappa shape index (κ1) is 14.4. The van der Waals surface area contributed by atoms with Crippen molar-refractivity contribution in [3.05, 3.63) is 29.8 Å². The molecule has 19 heavy (non-hydrogen) atoms. The number of nitrogens with zero attached hydrogens (tertiary/aromatic N) is 1. The Morgan fingerprint density at radius 2 is 1.95 bits per heavy atom. The minimum Gasteiger partial charge on any atom is -0.492 e. The molecule has 0 amide bonds. The van der Waals surface area contributed by atoms with E-state index in [1.807, 2.05) is 0 Å². The maximum atomic E-state index is 5.75. The minimum absolute atomic E-state index is 0.760. The molecule has 1 aromatic carbocycles. The second kappa shape index (κ2) is 7.51. The first-order chi connectivity index (χ1) is 9.28. The number of rotatable bonds is 9. The lowest BCUT2D eigenvalue weighted by atomic mass is 10.2. The topological polar surface area (TPSA) is 24.5 Å². The SMILES string of the molecule is CCCN(C)CCOc1ccc(CNC2CC2)cc1. The molecule has 0 radical (unpaired) electrons. The Bertz CT molecular complexity index is 360. The van der Waals surface area contributed by atoms with Gasteiger partial charge in [0.1, 0.15) is 12.4 Å². The van der Waals surface area contributed by atoms with Gasteiger partial charge < -0.3 is 15.0 Å². The van der Waals surface area contributed by atoms with Crippen LogP contribution < -0.4 is 10.1 Å². The molecule has 3 nitrogen and oxygen atoms in total. The monoisotopic (exact) mass is 262 g/mol. The molecule has 2 rings (SSSR count). The Morgan fingerprint density at radius 3 is 2.58 bits per heavy atom. The van der Waals surface area contributed by atoms with Gasteiger partial charge in [-0.1, -0.05) is 19.1 Å². The number of benzene rings is 1. The second-order valence-electron chi connectivity index (χ2n) is 5.45. The Labute approximate surface area is 116 Å². The Balaban J connectivity index is 1.65. The highest BCUT2D eigenvalue weighted by molar-refractivity contribution is 5.27. The Hall–Kier alpha value is -1.06. The normalized spacial score (nSPS) is 14.9. The number of nitrogens with one attached hydrogen (secondary N) is 1. The Kier molecular flexibility index (Phi) is 5.67. The van der Waals surface area contributed by atoms with Crippen molar-refractivity contribution in [2.45, 2.75) is 38.8 Å². The van der Waals surface area contributed by atoms with Crippen LogP contribution in [0.15, 0.2) is 24.3 Å². The molecular formula is C16H26N2O. The Morgan fingerprint density at radius 1 is 1.21 bits per heavy atom.